The Bertz CT molecular complexity index is 1190. The summed E-state index contributed by atoms with van der Waals surface area (Å²) in [7, 11) is 0. The first-order chi connectivity index (χ1) is 15.6. The van der Waals surface area contributed by atoms with E-state index in [1.165, 1.54) is 12.4 Å². The molecule has 2 aromatic heterocycles. The Balaban J connectivity index is 1.42. The third kappa shape index (κ3) is 4.05. The third-order valence-electron chi connectivity index (χ3n) is 6.27. The summed E-state index contributed by atoms with van der Waals surface area (Å²) in [6.45, 7) is 4.81. The Morgan fingerprint density at radius 1 is 1.06 bits per heavy atom. The highest BCUT2D eigenvalue weighted by molar-refractivity contribution is 5.58. The molecule has 5 rings (SSSR count). The molecular weight excluding hydrogens is 410 g/mol. The van der Waals surface area contributed by atoms with Crippen LogP contribution < -0.4 is 0 Å². The van der Waals surface area contributed by atoms with Crippen LogP contribution in [0.5, 0.6) is 0 Å². The number of aromatic nitrogens is 5. The molecule has 0 amide bonds. The molecule has 1 aliphatic rings. The summed E-state index contributed by atoms with van der Waals surface area (Å²) in [6, 6.07) is 13.9. The molecule has 2 unspecified atom stereocenters. The molecule has 3 heterocycles. The van der Waals surface area contributed by atoms with Crippen molar-refractivity contribution < 1.29 is 8.78 Å². The van der Waals surface area contributed by atoms with Crippen LogP contribution in [0.4, 0.5) is 8.78 Å². The van der Waals surface area contributed by atoms with Crippen LogP contribution in [0.25, 0.3) is 11.3 Å². The maximum Gasteiger partial charge on any atom is 0.137 e. The second-order valence-corrected chi connectivity index (χ2v) is 8.20. The van der Waals surface area contributed by atoms with Crippen LogP contribution in [-0.2, 0) is 19.6 Å². The van der Waals surface area contributed by atoms with Crippen molar-refractivity contribution in [3.8, 4) is 11.3 Å². The van der Waals surface area contributed by atoms with Gasteiger partial charge in [0.2, 0.25) is 0 Å². The average Bonchev–Trinajstić information content (AvgIpc) is 3.47. The van der Waals surface area contributed by atoms with Gasteiger partial charge in [-0.1, -0.05) is 36.4 Å². The molecule has 32 heavy (non-hydrogen) atoms. The second kappa shape index (κ2) is 8.63. The van der Waals surface area contributed by atoms with Gasteiger partial charge in [0.1, 0.15) is 30.1 Å². The molecule has 0 fully saturated rings. The molecule has 0 saturated heterocycles. The Hall–Kier alpha value is -3.39. The van der Waals surface area contributed by atoms with Gasteiger partial charge in [0, 0.05) is 42.9 Å². The lowest BCUT2D eigenvalue weighted by Gasteiger charge is -2.37. The summed E-state index contributed by atoms with van der Waals surface area (Å²) in [5.41, 5.74) is 2.53. The van der Waals surface area contributed by atoms with E-state index in [1.54, 1.807) is 17.1 Å². The minimum absolute atomic E-state index is 0.0233. The van der Waals surface area contributed by atoms with Crippen molar-refractivity contribution in [3.05, 3.63) is 90.4 Å². The molecule has 8 heteroatoms. The Labute approximate surface area is 185 Å². The van der Waals surface area contributed by atoms with Crippen LogP contribution in [0.1, 0.15) is 24.2 Å². The smallest absolute Gasteiger partial charge is 0.137 e. The van der Waals surface area contributed by atoms with E-state index in [0.29, 0.717) is 18.7 Å². The van der Waals surface area contributed by atoms with Gasteiger partial charge < -0.3 is 4.57 Å². The van der Waals surface area contributed by atoms with Crippen LogP contribution in [0.2, 0.25) is 0 Å². The van der Waals surface area contributed by atoms with Gasteiger partial charge >= 0.3 is 0 Å². The number of rotatable bonds is 6. The minimum Gasteiger partial charge on any atom is -0.332 e. The number of hydrogen-bond acceptors (Lipinski definition) is 4. The summed E-state index contributed by atoms with van der Waals surface area (Å²) < 4.78 is 32.2. The lowest BCUT2D eigenvalue weighted by molar-refractivity contribution is 0.134. The number of hydrogen-bond donors (Lipinski definition) is 0. The van der Waals surface area contributed by atoms with Crippen molar-refractivity contribution >= 4 is 0 Å². The first-order valence-corrected chi connectivity index (χ1v) is 10.7. The predicted octanol–water partition coefficient (Wildman–Crippen LogP) is 4.11. The van der Waals surface area contributed by atoms with Gasteiger partial charge in [0.05, 0.1) is 18.8 Å². The fourth-order valence-corrected chi connectivity index (χ4v) is 4.46. The third-order valence-corrected chi connectivity index (χ3v) is 6.27. The zero-order valence-corrected chi connectivity index (χ0v) is 17.8. The summed E-state index contributed by atoms with van der Waals surface area (Å²) in [4.78, 5) is 11.2. The van der Waals surface area contributed by atoms with Crippen LogP contribution in [0, 0.1) is 11.6 Å². The van der Waals surface area contributed by atoms with Crippen molar-refractivity contribution in [2.75, 3.05) is 6.54 Å². The maximum atomic E-state index is 14.8. The van der Waals surface area contributed by atoms with E-state index in [1.807, 2.05) is 18.2 Å². The lowest BCUT2D eigenvalue weighted by atomic mass is 9.90. The molecule has 0 bridgehead atoms. The summed E-state index contributed by atoms with van der Waals surface area (Å²) in [6.07, 6.45) is 5.18. The normalized spacial score (nSPS) is 16.0. The monoisotopic (exact) mass is 434 g/mol. The van der Waals surface area contributed by atoms with Gasteiger partial charge in [0.15, 0.2) is 0 Å². The molecule has 2 aromatic carbocycles. The van der Waals surface area contributed by atoms with Gasteiger partial charge in [0.25, 0.3) is 0 Å². The van der Waals surface area contributed by atoms with E-state index in [-0.39, 0.29) is 12.0 Å². The Morgan fingerprint density at radius 2 is 1.91 bits per heavy atom. The van der Waals surface area contributed by atoms with Crippen molar-refractivity contribution in [1.29, 1.82) is 0 Å². The number of fused-ring (bicyclic) bond motifs is 1. The summed E-state index contributed by atoms with van der Waals surface area (Å²) in [5, 5.41) is 4.20. The molecule has 1 aliphatic heterocycles. The fraction of sp³-hybridized carbons (Fsp3) is 0.292. The van der Waals surface area contributed by atoms with Crippen molar-refractivity contribution in [2.45, 2.75) is 38.5 Å². The van der Waals surface area contributed by atoms with E-state index in [9.17, 15) is 8.78 Å². The van der Waals surface area contributed by atoms with Gasteiger partial charge in [-0.15, -0.1) is 0 Å². The van der Waals surface area contributed by atoms with Gasteiger partial charge in [-0.25, -0.2) is 18.7 Å². The van der Waals surface area contributed by atoms with E-state index in [2.05, 4.69) is 44.8 Å². The van der Waals surface area contributed by atoms with E-state index >= 15 is 0 Å². The van der Waals surface area contributed by atoms with Crippen LogP contribution in [0.3, 0.4) is 0 Å². The first-order valence-electron chi connectivity index (χ1n) is 10.7. The SMILES string of the molecule is CC(C(Cn1cncn1)c1ccc(F)cc1F)N1CCn2cc(-c3ccccc3)nc2C1. The van der Waals surface area contributed by atoms with Crippen LogP contribution in [-0.4, -0.2) is 41.8 Å². The van der Waals surface area contributed by atoms with Crippen molar-refractivity contribution in [1.82, 2.24) is 29.2 Å². The molecule has 6 nitrogen and oxygen atoms in total. The average molecular weight is 434 g/mol. The highest BCUT2D eigenvalue weighted by atomic mass is 19.1. The highest BCUT2D eigenvalue weighted by Crippen LogP contribution is 2.31. The molecule has 0 saturated carbocycles. The highest BCUT2D eigenvalue weighted by Gasteiger charge is 2.31. The van der Waals surface area contributed by atoms with Crippen molar-refractivity contribution in [2.24, 2.45) is 0 Å². The minimum atomic E-state index is -0.577. The van der Waals surface area contributed by atoms with Gasteiger partial charge in [-0.3, -0.25) is 9.58 Å². The van der Waals surface area contributed by atoms with E-state index in [4.69, 9.17) is 4.98 Å². The zero-order valence-electron chi connectivity index (χ0n) is 17.8. The van der Waals surface area contributed by atoms with Gasteiger partial charge in [-0.05, 0) is 18.6 Å². The Morgan fingerprint density at radius 3 is 2.66 bits per heavy atom. The quantitative estimate of drug-likeness (QED) is 0.458. The molecular formula is C24H24F2N6. The largest absolute Gasteiger partial charge is 0.332 e. The second-order valence-electron chi connectivity index (χ2n) is 8.20. The van der Waals surface area contributed by atoms with Crippen molar-refractivity contribution in [3.63, 3.8) is 0 Å². The van der Waals surface area contributed by atoms with Gasteiger partial charge in [-0.2, -0.15) is 5.10 Å². The van der Waals surface area contributed by atoms with E-state index in [0.717, 1.165) is 36.2 Å². The summed E-state index contributed by atoms with van der Waals surface area (Å²) >= 11 is 0. The van der Waals surface area contributed by atoms with Crippen LogP contribution >= 0.6 is 0 Å². The fourth-order valence-electron chi connectivity index (χ4n) is 4.46. The standard InChI is InChI=1S/C24H24F2N6/c1-17(21(12-32-16-27-15-28-32)20-8-7-19(25)11-22(20)26)30-9-10-31-13-23(29-24(31)14-30)18-5-3-2-4-6-18/h2-8,11,13,15-17,21H,9-10,12,14H2,1H3. The molecule has 164 valence electrons. The van der Waals surface area contributed by atoms with Crippen LogP contribution in [0.15, 0.2) is 67.4 Å². The zero-order chi connectivity index (χ0) is 22.1. The lowest BCUT2D eigenvalue weighted by Crippen LogP contribution is -2.43. The number of benzene rings is 2. The molecule has 2 atom stereocenters. The molecule has 0 N–H and O–H groups in total. The molecule has 4 aromatic rings. The Kier molecular flexibility index (Phi) is 5.53. The maximum absolute atomic E-state index is 14.8. The molecule has 0 spiro atoms. The number of imidazole rings is 1. The van der Waals surface area contributed by atoms with E-state index < -0.39 is 11.6 Å². The first kappa shape index (κ1) is 20.5. The topological polar surface area (TPSA) is 51.8 Å². The molecule has 0 aliphatic carbocycles. The number of halogens is 2. The predicted molar refractivity (Wildman–Crippen MR) is 117 cm³/mol. The number of nitrogens with zero attached hydrogens (tertiary/aromatic N) is 6. The summed E-state index contributed by atoms with van der Waals surface area (Å²) in [5.74, 6) is -0.355. The molecule has 0 radical (unpaired) electrons.